The molecule has 2 nitrogen and oxygen atoms in total. The molecule has 0 fully saturated rings. The summed E-state index contributed by atoms with van der Waals surface area (Å²) in [6, 6.07) is 8.35. The number of ketones is 1. The number of rotatable bonds is 7. The minimum Gasteiger partial charge on any atom is -0.328 e. The van der Waals surface area contributed by atoms with E-state index in [0.717, 1.165) is 24.8 Å². The van der Waals surface area contributed by atoms with Gasteiger partial charge in [0, 0.05) is 18.4 Å². The molecule has 0 bridgehead atoms. The Hall–Kier alpha value is -1.15. The van der Waals surface area contributed by atoms with Crippen LogP contribution < -0.4 is 5.73 Å². The lowest BCUT2D eigenvalue weighted by Gasteiger charge is -2.12. The van der Waals surface area contributed by atoms with E-state index in [1.165, 1.54) is 5.56 Å². The molecule has 0 aliphatic heterocycles. The lowest BCUT2D eigenvalue weighted by molar-refractivity contribution is -0.121. The fourth-order valence-corrected chi connectivity index (χ4v) is 2.08. The van der Waals surface area contributed by atoms with Crippen molar-refractivity contribution in [3.05, 3.63) is 35.4 Å². The molecule has 0 saturated heterocycles. The van der Waals surface area contributed by atoms with E-state index < -0.39 is 0 Å². The van der Waals surface area contributed by atoms with Gasteiger partial charge in [-0.2, -0.15) is 0 Å². The summed E-state index contributed by atoms with van der Waals surface area (Å²) >= 11 is 0. The first-order chi connectivity index (χ1) is 8.50. The van der Waals surface area contributed by atoms with E-state index in [1.54, 1.807) is 0 Å². The van der Waals surface area contributed by atoms with E-state index in [-0.39, 0.29) is 12.0 Å². The van der Waals surface area contributed by atoms with Crippen LogP contribution in [0, 0.1) is 12.8 Å². The summed E-state index contributed by atoms with van der Waals surface area (Å²) in [5, 5.41) is 0. The molecule has 1 rings (SSSR count). The fraction of sp³-hybridized carbons (Fsp3) is 0.562. The zero-order valence-electron chi connectivity index (χ0n) is 11.8. The average molecular weight is 247 g/mol. The van der Waals surface area contributed by atoms with E-state index in [0.29, 0.717) is 12.2 Å². The first kappa shape index (κ1) is 14.9. The second kappa shape index (κ2) is 7.32. The maximum Gasteiger partial charge on any atom is 0.140 e. The quantitative estimate of drug-likeness (QED) is 0.803. The van der Waals surface area contributed by atoms with Gasteiger partial charge in [0.15, 0.2) is 0 Å². The van der Waals surface area contributed by atoms with Crippen molar-refractivity contribution < 1.29 is 4.79 Å². The van der Waals surface area contributed by atoms with Crippen LogP contribution in [-0.2, 0) is 11.2 Å². The fourth-order valence-electron chi connectivity index (χ4n) is 2.08. The van der Waals surface area contributed by atoms with Crippen LogP contribution in [0.3, 0.4) is 0 Å². The van der Waals surface area contributed by atoms with Gasteiger partial charge in [0.2, 0.25) is 0 Å². The Morgan fingerprint density at radius 3 is 2.50 bits per heavy atom. The number of hydrogen-bond donors (Lipinski definition) is 1. The highest BCUT2D eigenvalue weighted by molar-refractivity contribution is 5.83. The van der Waals surface area contributed by atoms with E-state index in [1.807, 2.05) is 32.0 Å². The normalized spacial score (nSPS) is 14.2. The van der Waals surface area contributed by atoms with Gasteiger partial charge < -0.3 is 5.73 Å². The van der Waals surface area contributed by atoms with E-state index in [4.69, 9.17) is 5.73 Å². The number of carbonyl (C=O) groups excluding carboxylic acids is 1. The van der Waals surface area contributed by atoms with Crippen LogP contribution in [0.1, 0.15) is 44.2 Å². The predicted octanol–water partition coefficient (Wildman–Crippen LogP) is 3.26. The first-order valence-electron chi connectivity index (χ1n) is 6.83. The molecule has 2 atom stereocenters. The zero-order chi connectivity index (χ0) is 13.5. The molecule has 0 radical (unpaired) electrons. The van der Waals surface area contributed by atoms with Gasteiger partial charge in [-0.05, 0) is 37.8 Å². The maximum absolute atomic E-state index is 12.1. The molecule has 0 saturated carbocycles. The molecule has 0 heterocycles. The smallest absolute Gasteiger partial charge is 0.140 e. The summed E-state index contributed by atoms with van der Waals surface area (Å²) in [5.41, 5.74) is 8.07. The summed E-state index contributed by atoms with van der Waals surface area (Å²) in [6.45, 7) is 6.10. The monoisotopic (exact) mass is 247 g/mol. The summed E-state index contributed by atoms with van der Waals surface area (Å²) in [6.07, 6.45) is 3.55. The highest BCUT2D eigenvalue weighted by Gasteiger charge is 2.14. The number of benzene rings is 1. The van der Waals surface area contributed by atoms with Crippen molar-refractivity contribution in [2.75, 3.05) is 0 Å². The molecular formula is C16H25NO. The number of aryl methyl sites for hydroxylation is 1. The first-order valence-corrected chi connectivity index (χ1v) is 6.83. The van der Waals surface area contributed by atoms with Crippen molar-refractivity contribution in [3.63, 3.8) is 0 Å². The Kier molecular flexibility index (Phi) is 6.06. The van der Waals surface area contributed by atoms with Crippen molar-refractivity contribution in [1.29, 1.82) is 0 Å². The standard InChI is InChI=1S/C16H25NO/c1-12-7-4-5-10-15(12)11-16(18)13(2)8-6-9-14(3)17/h4-5,7,10,13-14H,6,8-9,11,17H2,1-3H3. The topological polar surface area (TPSA) is 43.1 Å². The summed E-state index contributed by atoms with van der Waals surface area (Å²) in [7, 11) is 0. The number of Topliss-reactive ketones (excluding diaryl/α,β-unsaturated/α-hetero) is 1. The zero-order valence-corrected chi connectivity index (χ0v) is 11.8. The maximum atomic E-state index is 12.1. The van der Waals surface area contributed by atoms with Crippen molar-refractivity contribution in [3.8, 4) is 0 Å². The molecule has 1 aromatic rings. The van der Waals surface area contributed by atoms with E-state index >= 15 is 0 Å². The molecule has 1 aromatic carbocycles. The molecule has 2 N–H and O–H groups in total. The molecule has 0 spiro atoms. The van der Waals surface area contributed by atoms with Crippen LogP contribution in [0.4, 0.5) is 0 Å². The van der Waals surface area contributed by atoms with Gasteiger partial charge in [0.1, 0.15) is 5.78 Å². The molecule has 100 valence electrons. The Balaban J connectivity index is 2.43. The minimum absolute atomic E-state index is 0.142. The summed E-state index contributed by atoms with van der Waals surface area (Å²) in [4.78, 5) is 12.1. The molecule has 2 heteroatoms. The number of nitrogens with two attached hydrogens (primary N) is 1. The van der Waals surface area contributed by atoms with Gasteiger partial charge >= 0.3 is 0 Å². The van der Waals surface area contributed by atoms with Gasteiger partial charge in [-0.15, -0.1) is 0 Å². The highest BCUT2D eigenvalue weighted by atomic mass is 16.1. The Bertz CT molecular complexity index is 384. The Morgan fingerprint density at radius 1 is 1.22 bits per heavy atom. The average Bonchev–Trinajstić information content (AvgIpc) is 2.31. The van der Waals surface area contributed by atoms with Crippen LogP contribution in [-0.4, -0.2) is 11.8 Å². The number of carbonyl (C=O) groups is 1. The van der Waals surface area contributed by atoms with Gasteiger partial charge in [0.25, 0.3) is 0 Å². The van der Waals surface area contributed by atoms with Crippen molar-refractivity contribution in [2.24, 2.45) is 11.7 Å². The third-order valence-corrected chi connectivity index (χ3v) is 3.47. The molecule has 0 aromatic heterocycles. The van der Waals surface area contributed by atoms with Crippen molar-refractivity contribution >= 4 is 5.78 Å². The second-order valence-corrected chi connectivity index (χ2v) is 5.38. The minimum atomic E-state index is 0.142. The Labute approximate surface area is 111 Å². The van der Waals surface area contributed by atoms with Crippen LogP contribution in [0.15, 0.2) is 24.3 Å². The van der Waals surface area contributed by atoms with Crippen molar-refractivity contribution in [2.45, 2.75) is 52.5 Å². The molecule has 18 heavy (non-hydrogen) atoms. The van der Waals surface area contributed by atoms with E-state index in [9.17, 15) is 4.79 Å². The summed E-state index contributed by atoms with van der Waals surface area (Å²) < 4.78 is 0. The number of hydrogen-bond acceptors (Lipinski definition) is 2. The molecule has 2 unspecified atom stereocenters. The Morgan fingerprint density at radius 2 is 1.89 bits per heavy atom. The highest BCUT2D eigenvalue weighted by Crippen LogP contribution is 2.15. The van der Waals surface area contributed by atoms with Gasteiger partial charge in [-0.25, -0.2) is 0 Å². The molecular weight excluding hydrogens is 222 g/mol. The van der Waals surface area contributed by atoms with Gasteiger partial charge in [-0.3, -0.25) is 4.79 Å². The summed E-state index contributed by atoms with van der Waals surface area (Å²) in [5.74, 6) is 0.484. The van der Waals surface area contributed by atoms with Gasteiger partial charge in [0.05, 0.1) is 0 Å². The third kappa shape index (κ3) is 5.01. The van der Waals surface area contributed by atoms with Crippen LogP contribution in [0.5, 0.6) is 0 Å². The van der Waals surface area contributed by atoms with Crippen LogP contribution in [0.25, 0.3) is 0 Å². The van der Waals surface area contributed by atoms with Crippen LogP contribution in [0.2, 0.25) is 0 Å². The lowest BCUT2D eigenvalue weighted by Crippen LogP contribution is -2.17. The predicted molar refractivity (Wildman–Crippen MR) is 76.6 cm³/mol. The second-order valence-electron chi connectivity index (χ2n) is 5.38. The van der Waals surface area contributed by atoms with Crippen molar-refractivity contribution in [1.82, 2.24) is 0 Å². The van der Waals surface area contributed by atoms with E-state index in [2.05, 4.69) is 13.0 Å². The largest absolute Gasteiger partial charge is 0.328 e. The molecule has 0 amide bonds. The van der Waals surface area contributed by atoms with Gasteiger partial charge in [-0.1, -0.05) is 37.6 Å². The molecule has 0 aliphatic rings. The molecule has 0 aliphatic carbocycles. The lowest BCUT2D eigenvalue weighted by atomic mass is 9.92. The third-order valence-electron chi connectivity index (χ3n) is 3.47. The van der Waals surface area contributed by atoms with Crippen LogP contribution >= 0.6 is 0 Å². The SMILES string of the molecule is Cc1ccccc1CC(=O)C(C)CCCC(C)N.